The van der Waals surface area contributed by atoms with Crippen LogP contribution in [0.25, 0.3) is 10.8 Å². The Balaban J connectivity index is 1.79. The molecule has 1 N–H and O–H groups in total. The first-order chi connectivity index (χ1) is 15.9. The van der Waals surface area contributed by atoms with Crippen molar-refractivity contribution in [3.8, 4) is 0 Å². The van der Waals surface area contributed by atoms with E-state index in [2.05, 4.69) is 36.5 Å². The molecule has 0 aromatic heterocycles. The minimum absolute atomic E-state index is 0.0907. The molecule has 33 heavy (non-hydrogen) atoms. The molecule has 1 unspecified atom stereocenters. The van der Waals surface area contributed by atoms with Crippen LogP contribution in [-0.4, -0.2) is 29.3 Å². The minimum atomic E-state index is -0.617. The van der Waals surface area contributed by atoms with Gasteiger partial charge in [0.2, 0.25) is 11.8 Å². The summed E-state index contributed by atoms with van der Waals surface area (Å²) >= 11 is 12.4. The summed E-state index contributed by atoms with van der Waals surface area (Å²) in [6.07, 6.45) is 2.78. The van der Waals surface area contributed by atoms with Gasteiger partial charge in [0, 0.05) is 29.6 Å². The molecule has 3 aromatic carbocycles. The lowest BCUT2D eigenvalue weighted by molar-refractivity contribution is -0.140. The molecule has 0 radical (unpaired) electrons. The Labute approximate surface area is 205 Å². The largest absolute Gasteiger partial charge is 0.354 e. The van der Waals surface area contributed by atoms with E-state index in [4.69, 9.17) is 23.2 Å². The molecule has 174 valence electrons. The molecule has 0 aliphatic rings. The first kappa shape index (κ1) is 25.1. The monoisotopic (exact) mass is 484 g/mol. The van der Waals surface area contributed by atoms with Gasteiger partial charge in [-0.15, -0.1) is 0 Å². The highest BCUT2D eigenvalue weighted by molar-refractivity contribution is 6.35. The number of aryl methyl sites for hydroxylation is 1. The predicted octanol–water partition coefficient (Wildman–Crippen LogP) is 6.41. The van der Waals surface area contributed by atoms with Gasteiger partial charge in [-0.2, -0.15) is 0 Å². The van der Waals surface area contributed by atoms with Crippen LogP contribution in [0.3, 0.4) is 0 Å². The third-order valence-corrected chi connectivity index (χ3v) is 6.43. The van der Waals surface area contributed by atoms with Crippen LogP contribution in [0, 0.1) is 0 Å². The summed E-state index contributed by atoms with van der Waals surface area (Å²) in [6, 6.07) is 18.9. The van der Waals surface area contributed by atoms with Crippen molar-refractivity contribution in [1.82, 2.24) is 10.2 Å². The zero-order valence-corrected chi connectivity index (χ0v) is 20.6. The number of nitrogens with one attached hydrogen (secondary N) is 1. The third-order valence-electron chi connectivity index (χ3n) is 5.84. The highest BCUT2D eigenvalue weighted by Crippen LogP contribution is 2.24. The van der Waals surface area contributed by atoms with Gasteiger partial charge in [-0.25, -0.2) is 0 Å². The summed E-state index contributed by atoms with van der Waals surface area (Å²) in [4.78, 5) is 27.8. The Morgan fingerprint density at radius 3 is 2.52 bits per heavy atom. The maximum Gasteiger partial charge on any atom is 0.242 e. The fraction of sp³-hybridized carbons (Fsp3) is 0.333. The maximum absolute atomic E-state index is 13.4. The maximum atomic E-state index is 13.4. The number of benzene rings is 3. The van der Waals surface area contributed by atoms with Crippen molar-refractivity contribution in [2.45, 2.75) is 52.1 Å². The molecule has 0 spiro atoms. The molecule has 0 aliphatic heterocycles. The average Bonchev–Trinajstić information content (AvgIpc) is 2.81. The second-order valence-electron chi connectivity index (χ2n) is 8.22. The highest BCUT2D eigenvalue weighted by Gasteiger charge is 2.26. The van der Waals surface area contributed by atoms with E-state index in [0.717, 1.165) is 34.7 Å². The van der Waals surface area contributed by atoms with E-state index in [9.17, 15) is 9.59 Å². The first-order valence-electron chi connectivity index (χ1n) is 11.4. The van der Waals surface area contributed by atoms with Crippen molar-refractivity contribution >= 4 is 45.8 Å². The molecule has 4 nitrogen and oxygen atoms in total. The molecule has 6 heteroatoms. The average molecular weight is 485 g/mol. The van der Waals surface area contributed by atoms with Gasteiger partial charge in [-0.1, -0.05) is 85.1 Å². The van der Waals surface area contributed by atoms with Crippen molar-refractivity contribution in [3.63, 3.8) is 0 Å². The number of unbranched alkanes of at least 4 members (excludes halogenated alkanes) is 1. The van der Waals surface area contributed by atoms with Crippen LogP contribution in [0.1, 0.15) is 44.2 Å². The molecule has 2 amide bonds. The van der Waals surface area contributed by atoms with E-state index in [-0.39, 0.29) is 18.4 Å². The quantitative estimate of drug-likeness (QED) is 0.337. The van der Waals surface area contributed by atoms with Crippen LogP contribution < -0.4 is 5.32 Å². The molecule has 0 fully saturated rings. The van der Waals surface area contributed by atoms with E-state index in [1.807, 2.05) is 18.2 Å². The van der Waals surface area contributed by atoms with E-state index in [1.54, 1.807) is 30.0 Å². The Hall–Kier alpha value is -2.56. The number of nitrogens with zero attached hydrogens (tertiary/aromatic N) is 1. The molecule has 0 bridgehead atoms. The molecule has 0 saturated carbocycles. The molecule has 3 aromatic rings. The predicted molar refractivity (Wildman–Crippen MR) is 137 cm³/mol. The lowest BCUT2D eigenvalue weighted by Gasteiger charge is -2.29. The fourth-order valence-corrected chi connectivity index (χ4v) is 4.32. The lowest BCUT2D eigenvalue weighted by atomic mass is 10.0. The van der Waals surface area contributed by atoms with Crippen LogP contribution in [0.15, 0.2) is 60.7 Å². The number of carbonyl (C=O) groups excluding carboxylic acids is 2. The summed E-state index contributed by atoms with van der Waals surface area (Å²) in [5.41, 5.74) is 1.87. The van der Waals surface area contributed by atoms with Gasteiger partial charge >= 0.3 is 0 Å². The van der Waals surface area contributed by atoms with Crippen molar-refractivity contribution < 1.29 is 9.59 Å². The number of carbonyl (C=O) groups is 2. The van der Waals surface area contributed by atoms with E-state index < -0.39 is 6.04 Å². The standard InChI is InChI=1S/C27H30Cl2N2O2/c1-3-4-16-30-27(33)19(2)31(18-22-12-14-23(28)17-25(22)29)26(32)15-13-21-10-7-9-20-8-5-6-11-24(20)21/h5-12,14,17,19H,3-4,13,15-16,18H2,1-2H3,(H,30,33). The van der Waals surface area contributed by atoms with Gasteiger partial charge in [0.15, 0.2) is 0 Å². The summed E-state index contributed by atoms with van der Waals surface area (Å²) in [6.45, 7) is 4.67. The summed E-state index contributed by atoms with van der Waals surface area (Å²) < 4.78 is 0. The molecule has 0 heterocycles. The van der Waals surface area contributed by atoms with E-state index in [0.29, 0.717) is 29.4 Å². The Morgan fingerprint density at radius 2 is 1.76 bits per heavy atom. The van der Waals surface area contributed by atoms with Crippen LogP contribution in [0.4, 0.5) is 0 Å². The Morgan fingerprint density at radius 1 is 1.00 bits per heavy atom. The van der Waals surface area contributed by atoms with E-state index >= 15 is 0 Å². The Kier molecular flexibility index (Phi) is 9.16. The molecule has 0 aliphatic carbocycles. The van der Waals surface area contributed by atoms with Gasteiger partial charge in [-0.3, -0.25) is 9.59 Å². The molecule has 3 rings (SSSR count). The second-order valence-corrected chi connectivity index (χ2v) is 9.06. The van der Waals surface area contributed by atoms with Gasteiger partial charge in [0.05, 0.1) is 0 Å². The third kappa shape index (κ3) is 6.72. The number of amides is 2. The summed E-state index contributed by atoms with van der Waals surface area (Å²) in [5, 5.41) is 6.24. The smallest absolute Gasteiger partial charge is 0.242 e. The van der Waals surface area contributed by atoms with Crippen molar-refractivity contribution in [3.05, 3.63) is 81.8 Å². The van der Waals surface area contributed by atoms with Crippen LogP contribution in [0.2, 0.25) is 10.0 Å². The topological polar surface area (TPSA) is 49.4 Å². The number of fused-ring (bicyclic) bond motifs is 1. The van der Waals surface area contributed by atoms with Gasteiger partial charge in [0.1, 0.15) is 6.04 Å². The van der Waals surface area contributed by atoms with E-state index in [1.165, 1.54) is 0 Å². The number of rotatable bonds is 10. The van der Waals surface area contributed by atoms with Crippen LogP contribution >= 0.6 is 23.2 Å². The number of halogens is 2. The zero-order chi connectivity index (χ0) is 23.8. The van der Waals surface area contributed by atoms with Crippen molar-refractivity contribution in [1.29, 1.82) is 0 Å². The molecule has 0 saturated heterocycles. The summed E-state index contributed by atoms with van der Waals surface area (Å²) in [5.74, 6) is -0.251. The summed E-state index contributed by atoms with van der Waals surface area (Å²) in [7, 11) is 0. The fourth-order valence-electron chi connectivity index (χ4n) is 3.85. The van der Waals surface area contributed by atoms with Gasteiger partial charge < -0.3 is 10.2 Å². The normalized spacial score (nSPS) is 11.9. The molecular formula is C27H30Cl2N2O2. The number of hydrogen-bond donors (Lipinski definition) is 1. The first-order valence-corrected chi connectivity index (χ1v) is 12.1. The van der Waals surface area contributed by atoms with Gasteiger partial charge in [0.25, 0.3) is 0 Å². The van der Waals surface area contributed by atoms with Crippen LogP contribution in [0.5, 0.6) is 0 Å². The van der Waals surface area contributed by atoms with Gasteiger partial charge in [-0.05, 0) is 53.8 Å². The highest BCUT2D eigenvalue weighted by atomic mass is 35.5. The van der Waals surface area contributed by atoms with Crippen LogP contribution in [-0.2, 0) is 22.6 Å². The Bertz CT molecular complexity index is 1110. The van der Waals surface area contributed by atoms with Crippen molar-refractivity contribution in [2.24, 2.45) is 0 Å². The second kappa shape index (κ2) is 12.1. The molecule has 1 atom stereocenters. The molecular weight excluding hydrogens is 455 g/mol. The minimum Gasteiger partial charge on any atom is -0.354 e. The lowest BCUT2D eigenvalue weighted by Crippen LogP contribution is -2.47. The SMILES string of the molecule is CCCCNC(=O)C(C)N(Cc1ccc(Cl)cc1Cl)C(=O)CCc1cccc2ccccc12. The zero-order valence-electron chi connectivity index (χ0n) is 19.1. The van der Waals surface area contributed by atoms with Crippen molar-refractivity contribution in [2.75, 3.05) is 6.54 Å². The number of hydrogen-bond acceptors (Lipinski definition) is 2.